The summed E-state index contributed by atoms with van der Waals surface area (Å²) in [5.41, 5.74) is 5.47. The molecule has 3 aliphatic rings. The van der Waals surface area contributed by atoms with Crippen molar-refractivity contribution >= 4 is 28.6 Å². The highest BCUT2D eigenvalue weighted by Gasteiger charge is 2.32. The molecule has 0 spiro atoms. The lowest BCUT2D eigenvalue weighted by atomic mass is 10.0. The van der Waals surface area contributed by atoms with E-state index in [2.05, 4.69) is 41.8 Å². The molecule has 1 aromatic heterocycles. The minimum atomic E-state index is 0.0688. The van der Waals surface area contributed by atoms with Crippen molar-refractivity contribution in [3.8, 4) is 11.5 Å². The highest BCUT2D eigenvalue weighted by atomic mass is 32.2. The Hall–Kier alpha value is -3.12. The van der Waals surface area contributed by atoms with E-state index in [1.807, 2.05) is 41.1 Å². The van der Waals surface area contributed by atoms with Gasteiger partial charge in [-0.1, -0.05) is 30.3 Å². The zero-order chi connectivity index (χ0) is 23.9. The maximum absolute atomic E-state index is 14.0. The molecule has 0 radical (unpaired) electrons. The first-order valence-electron chi connectivity index (χ1n) is 12.4. The molecule has 2 fully saturated rings. The largest absolute Gasteiger partial charge is 0.493 e. The maximum Gasteiger partial charge on any atom is 0.260 e. The van der Waals surface area contributed by atoms with Crippen LogP contribution in [0.15, 0.2) is 70.9 Å². The number of fused-ring (bicyclic) bond motifs is 2. The number of carbonyl (C=O) groups is 1. The van der Waals surface area contributed by atoms with E-state index < -0.39 is 0 Å². The van der Waals surface area contributed by atoms with Crippen LogP contribution in [0.5, 0.6) is 11.5 Å². The number of ether oxygens (including phenoxy) is 2. The number of amides is 1. The van der Waals surface area contributed by atoms with Crippen LogP contribution in [-0.4, -0.2) is 40.9 Å². The molecule has 1 saturated heterocycles. The number of methoxy groups -OCH3 is 1. The summed E-state index contributed by atoms with van der Waals surface area (Å²) < 4.78 is 13.8. The SMILES string of the molecule is CCn1cc(C(=O)N2CC=C3CCSC3=C2Cc2ccc(OC3CC3)c(OC)c2)c2ccccc21. The predicted octanol–water partition coefficient (Wildman–Crippen LogP) is 6.18. The van der Waals surface area contributed by atoms with Gasteiger partial charge in [0, 0.05) is 53.0 Å². The van der Waals surface area contributed by atoms with Crippen molar-refractivity contribution in [3.63, 3.8) is 0 Å². The number of carbonyl (C=O) groups excluding carboxylic acids is 1. The zero-order valence-electron chi connectivity index (χ0n) is 20.3. The molecule has 0 bridgehead atoms. The highest BCUT2D eigenvalue weighted by Crippen LogP contribution is 2.43. The molecule has 0 N–H and O–H groups in total. The summed E-state index contributed by atoms with van der Waals surface area (Å²) in [5.74, 6) is 2.70. The minimum absolute atomic E-state index is 0.0688. The third-order valence-corrected chi connectivity index (χ3v) is 8.23. The van der Waals surface area contributed by atoms with E-state index in [0.29, 0.717) is 19.1 Å². The summed E-state index contributed by atoms with van der Waals surface area (Å²) in [4.78, 5) is 17.3. The summed E-state index contributed by atoms with van der Waals surface area (Å²) in [7, 11) is 1.69. The van der Waals surface area contributed by atoms with E-state index in [4.69, 9.17) is 9.47 Å². The topological polar surface area (TPSA) is 43.7 Å². The molecule has 180 valence electrons. The number of hydrogen-bond acceptors (Lipinski definition) is 4. The van der Waals surface area contributed by atoms with E-state index in [-0.39, 0.29) is 5.91 Å². The molecule has 1 saturated carbocycles. The summed E-state index contributed by atoms with van der Waals surface area (Å²) in [6, 6.07) is 14.4. The van der Waals surface area contributed by atoms with Gasteiger partial charge in [-0.05, 0) is 55.5 Å². The van der Waals surface area contributed by atoms with Crippen LogP contribution in [0.2, 0.25) is 0 Å². The summed E-state index contributed by atoms with van der Waals surface area (Å²) >= 11 is 1.87. The smallest absolute Gasteiger partial charge is 0.260 e. The fourth-order valence-electron chi connectivity index (χ4n) is 5.05. The Bertz CT molecular complexity index is 1370. The van der Waals surface area contributed by atoms with Crippen molar-refractivity contribution in [2.45, 2.75) is 45.3 Å². The van der Waals surface area contributed by atoms with Crippen LogP contribution in [-0.2, 0) is 13.0 Å². The van der Waals surface area contributed by atoms with Crippen molar-refractivity contribution in [2.75, 3.05) is 19.4 Å². The molecule has 1 amide bonds. The molecule has 2 aliphatic heterocycles. The fraction of sp³-hybridized carbons (Fsp3) is 0.345. The first kappa shape index (κ1) is 22.4. The number of benzene rings is 2. The van der Waals surface area contributed by atoms with Gasteiger partial charge in [-0.15, -0.1) is 11.8 Å². The average molecular weight is 487 g/mol. The van der Waals surface area contributed by atoms with Crippen molar-refractivity contribution in [1.29, 1.82) is 0 Å². The molecule has 0 unspecified atom stereocenters. The lowest BCUT2D eigenvalue weighted by Crippen LogP contribution is -2.34. The van der Waals surface area contributed by atoms with Gasteiger partial charge >= 0.3 is 0 Å². The van der Waals surface area contributed by atoms with Gasteiger partial charge in [-0.25, -0.2) is 0 Å². The van der Waals surface area contributed by atoms with Gasteiger partial charge in [-0.3, -0.25) is 4.79 Å². The van der Waals surface area contributed by atoms with Crippen LogP contribution in [0.1, 0.15) is 42.1 Å². The lowest BCUT2D eigenvalue weighted by Gasteiger charge is -2.30. The second-order valence-electron chi connectivity index (χ2n) is 9.34. The Labute approximate surface area is 210 Å². The molecule has 2 aromatic carbocycles. The molecule has 5 nitrogen and oxygen atoms in total. The number of rotatable bonds is 7. The van der Waals surface area contributed by atoms with Gasteiger partial charge in [0.1, 0.15) is 0 Å². The second kappa shape index (κ2) is 9.15. The summed E-state index contributed by atoms with van der Waals surface area (Å²) in [5, 5.41) is 1.01. The first-order valence-corrected chi connectivity index (χ1v) is 13.4. The third-order valence-electron chi connectivity index (χ3n) is 7.04. The molecular weight excluding hydrogens is 456 g/mol. The number of aromatic nitrogens is 1. The molecule has 0 atom stereocenters. The standard InChI is InChI=1S/C29H30N2O3S/c1-3-30-18-23(22-6-4-5-7-24(22)30)29(32)31-14-12-20-13-15-35-28(20)25(31)16-19-8-11-26(27(17-19)33-2)34-21-9-10-21/h4-8,11-12,17-18,21H,3,9-10,13-16H2,1-2H3. The van der Waals surface area contributed by atoms with Crippen LogP contribution < -0.4 is 9.47 Å². The molecule has 3 heterocycles. The zero-order valence-corrected chi connectivity index (χ0v) is 21.1. The Morgan fingerprint density at radius 2 is 2.00 bits per heavy atom. The van der Waals surface area contributed by atoms with Crippen LogP contribution >= 0.6 is 11.8 Å². The number of para-hydroxylation sites is 1. The summed E-state index contributed by atoms with van der Waals surface area (Å²) in [6.07, 6.45) is 8.54. The number of nitrogens with zero attached hydrogens (tertiary/aromatic N) is 2. The normalized spacial score (nSPS) is 17.5. The Morgan fingerprint density at radius 3 is 2.80 bits per heavy atom. The highest BCUT2D eigenvalue weighted by molar-refractivity contribution is 8.03. The maximum atomic E-state index is 14.0. The number of aryl methyl sites for hydroxylation is 1. The van der Waals surface area contributed by atoms with E-state index in [1.165, 1.54) is 10.5 Å². The summed E-state index contributed by atoms with van der Waals surface area (Å²) in [6.45, 7) is 3.55. The van der Waals surface area contributed by atoms with Gasteiger partial charge in [0.05, 0.1) is 18.8 Å². The first-order chi connectivity index (χ1) is 17.2. The van der Waals surface area contributed by atoms with E-state index >= 15 is 0 Å². The number of allylic oxidation sites excluding steroid dienone is 2. The number of thioether (sulfide) groups is 1. The number of hydrogen-bond donors (Lipinski definition) is 0. The molecule has 35 heavy (non-hydrogen) atoms. The Morgan fingerprint density at radius 1 is 1.14 bits per heavy atom. The van der Waals surface area contributed by atoms with Crippen LogP contribution in [0.3, 0.4) is 0 Å². The van der Waals surface area contributed by atoms with E-state index in [0.717, 1.165) is 70.8 Å². The van der Waals surface area contributed by atoms with Gasteiger partial charge < -0.3 is 18.9 Å². The quantitative estimate of drug-likeness (QED) is 0.400. The molecule has 6 heteroatoms. The van der Waals surface area contributed by atoms with Crippen LogP contribution in [0.25, 0.3) is 10.9 Å². The van der Waals surface area contributed by atoms with Gasteiger partial charge in [0.25, 0.3) is 5.91 Å². The molecular formula is C29H30N2O3S. The van der Waals surface area contributed by atoms with Crippen LogP contribution in [0.4, 0.5) is 0 Å². The molecule has 1 aliphatic carbocycles. The third kappa shape index (κ3) is 4.14. The minimum Gasteiger partial charge on any atom is -0.493 e. The second-order valence-corrected chi connectivity index (χ2v) is 10.4. The Kier molecular flexibility index (Phi) is 5.85. The van der Waals surface area contributed by atoms with Crippen molar-refractivity contribution in [2.24, 2.45) is 0 Å². The molecule has 3 aromatic rings. The van der Waals surface area contributed by atoms with Crippen molar-refractivity contribution in [3.05, 3.63) is 82.0 Å². The molecule has 6 rings (SSSR count). The van der Waals surface area contributed by atoms with Gasteiger partial charge in [0.15, 0.2) is 11.5 Å². The predicted molar refractivity (Wildman–Crippen MR) is 141 cm³/mol. The van der Waals surface area contributed by atoms with Gasteiger partial charge in [-0.2, -0.15) is 0 Å². The Balaban J connectivity index is 1.36. The van der Waals surface area contributed by atoms with Crippen LogP contribution in [0, 0.1) is 0 Å². The fourth-order valence-corrected chi connectivity index (χ4v) is 6.30. The van der Waals surface area contributed by atoms with E-state index in [1.54, 1.807) is 7.11 Å². The van der Waals surface area contributed by atoms with Crippen molar-refractivity contribution in [1.82, 2.24) is 9.47 Å². The monoisotopic (exact) mass is 486 g/mol. The lowest BCUT2D eigenvalue weighted by molar-refractivity contribution is 0.0816. The van der Waals surface area contributed by atoms with Gasteiger partial charge in [0.2, 0.25) is 0 Å². The average Bonchev–Trinajstić information content (AvgIpc) is 3.43. The van der Waals surface area contributed by atoms with Crippen molar-refractivity contribution < 1.29 is 14.3 Å². The van der Waals surface area contributed by atoms with E-state index in [9.17, 15) is 4.79 Å².